The molecule has 6 heteroatoms. The Balaban J connectivity index is 1.80. The van der Waals surface area contributed by atoms with Gasteiger partial charge < -0.3 is 5.32 Å². The SMILES string of the molecule is Cc1ccc(CCNc2c(C)c(C)nn3cnnc23)s1. The molecule has 0 aromatic carbocycles. The number of rotatable bonds is 4. The molecular formula is C14H17N5S. The second kappa shape index (κ2) is 5.20. The maximum Gasteiger partial charge on any atom is 0.200 e. The zero-order chi connectivity index (χ0) is 14.1. The van der Waals surface area contributed by atoms with Crippen LogP contribution in [-0.2, 0) is 6.42 Å². The van der Waals surface area contributed by atoms with Crippen LogP contribution in [0.1, 0.15) is 21.0 Å². The predicted molar refractivity (Wildman–Crippen MR) is 81.5 cm³/mol. The van der Waals surface area contributed by atoms with Gasteiger partial charge in [-0.1, -0.05) is 0 Å². The first kappa shape index (κ1) is 13.1. The molecule has 0 radical (unpaired) electrons. The smallest absolute Gasteiger partial charge is 0.200 e. The van der Waals surface area contributed by atoms with Crippen LogP contribution in [0.25, 0.3) is 5.65 Å². The van der Waals surface area contributed by atoms with Crippen LogP contribution in [-0.4, -0.2) is 26.4 Å². The predicted octanol–water partition coefficient (Wildman–Crippen LogP) is 2.77. The van der Waals surface area contributed by atoms with Gasteiger partial charge in [-0.05, 0) is 44.9 Å². The van der Waals surface area contributed by atoms with Gasteiger partial charge in [-0.3, -0.25) is 0 Å². The van der Waals surface area contributed by atoms with E-state index in [2.05, 4.69) is 46.6 Å². The second-order valence-electron chi connectivity index (χ2n) is 4.87. The van der Waals surface area contributed by atoms with Crippen LogP contribution >= 0.6 is 11.3 Å². The van der Waals surface area contributed by atoms with Gasteiger partial charge in [0, 0.05) is 16.3 Å². The molecule has 0 saturated heterocycles. The Morgan fingerprint density at radius 1 is 1.25 bits per heavy atom. The molecule has 0 bridgehead atoms. The van der Waals surface area contributed by atoms with Crippen molar-refractivity contribution in [1.29, 1.82) is 0 Å². The van der Waals surface area contributed by atoms with Gasteiger partial charge in [-0.2, -0.15) is 9.61 Å². The molecular weight excluding hydrogens is 270 g/mol. The first-order chi connectivity index (χ1) is 9.65. The summed E-state index contributed by atoms with van der Waals surface area (Å²) in [6.45, 7) is 7.09. The largest absolute Gasteiger partial charge is 0.381 e. The molecule has 0 spiro atoms. The molecule has 0 aliphatic carbocycles. The van der Waals surface area contributed by atoms with Crippen molar-refractivity contribution in [3.63, 3.8) is 0 Å². The highest BCUT2D eigenvalue weighted by Gasteiger charge is 2.11. The van der Waals surface area contributed by atoms with Crippen LogP contribution < -0.4 is 5.32 Å². The Bertz CT molecular complexity index is 743. The molecule has 3 rings (SSSR count). The number of anilines is 1. The van der Waals surface area contributed by atoms with Crippen LogP contribution in [0.3, 0.4) is 0 Å². The average molecular weight is 287 g/mol. The van der Waals surface area contributed by atoms with E-state index >= 15 is 0 Å². The molecule has 3 aromatic rings. The van der Waals surface area contributed by atoms with E-state index in [1.165, 1.54) is 9.75 Å². The summed E-state index contributed by atoms with van der Waals surface area (Å²) in [7, 11) is 0. The van der Waals surface area contributed by atoms with Crippen LogP contribution in [0.5, 0.6) is 0 Å². The van der Waals surface area contributed by atoms with Gasteiger partial charge in [0.05, 0.1) is 11.4 Å². The number of nitrogens with one attached hydrogen (secondary N) is 1. The first-order valence-electron chi connectivity index (χ1n) is 6.61. The van der Waals surface area contributed by atoms with Gasteiger partial charge >= 0.3 is 0 Å². The van der Waals surface area contributed by atoms with Crippen molar-refractivity contribution in [2.75, 3.05) is 11.9 Å². The Morgan fingerprint density at radius 3 is 2.85 bits per heavy atom. The van der Waals surface area contributed by atoms with E-state index in [0.29, 0.717) is 0 Å². The van der Waals surface area contributed by atoms with Crippen LogP contribution in [0.4, 0.5) is 5.69 Å². The van der Waals surface area contributed by atoms with E-state index < -0.39 is 0 Å². The maximum atomic E-state index is 4.42. The summed E-state index contributed by atoms with van der Waals surface area (Å²) in [4.78, 5) is 2.76. The normalized spacial score (nSPS) is 11.2. The van der Waals surface area contributed by atoms with E-state index in [0.717, 1.165) is 35.6 Å². The summed E-state index contributed by atoms with van der Waals surface area (Å²) in [6, 6.07) is 4.36. The highest BCUT2D eigenvalue weighted by atomic mass is 32.1. The lowest BCUT2D eigenvalue weighted by atomic mass is 10.2. The van der Waals surface area contributed by atoms with Gasteiger partial charge in [-0.15, -0.1) is 21.5 Å². The van der Waals surface area contributed by atoms with Gasteiger partial charge in [0.1, 0.15) is 6.33 Å². The number of thiophene rings is 1. The fraction of sp³-hybridized carbons (Fsp3) is 0.357. The highest BCUT2D eigenvalue weighted by molar-refractivity contribution is 7.11. The van der Waals surface area contributed by atoms with E-state index in [1.54, 1.807) is 10.8 Å². The minimum absolute atomic E-state index is 0.787. The van der Waals surface area contributed by atoms with Crippen molar-refractivity contribution < 1.29 is 0 Å². The third-order valence-electron chi connectivity index (χ3n) is 3.40. The molecule has 3 heterocycles. The highest BCUT2D eigenvalue weighted by Crippen LogP contribution is 2.22. The number of aryl methyl sites for hydroxylation is 2. The van der Waals surface area contributed by atoms with Crippen molar-refractivity contribution >= 4 is 22.7 Å². The minimum atomic E-state index is 0.787. The summed E-state index contributed by atoms with van der Waals surface area (Å²) in [5.41, 5.74) is 3.94. The Kier molecular flexibility index (Phi) is 3.40. The van der Waals surface area contributed by atoms with E-state index in [1.807, 2.05) is 18.3 Å². The van der Waals surface area contributed by atoms with Gasteiger partial charge in [0.25, 0.3) is 0 Å². The lowest BCUT2D eigenvalue weighted by molar-refractivity contribution is 0.880. The lowest BCUT2D eigenvalue weighted by Crippen LogP contribution is -2.09. The summed E-state index contributed by atoms with van der Waals surface area (Å²) in [5.74, 6) is 0. The molecule has 0 saturated carbocycles. The number of nitrogens with zero attached hydrogens (tertiary/aromatic N) is 4. The summed E-state index contributed by atoms with van der Waals surface area (Å²) in [5, 5.41) is 16.0. The van der Waals surface area contributed by atoms with E-state index in [9.17, 15) is 0 Å². The topological polar surface area (TPSA) is 55.1 Å². The molecule has 20 heavy (non-hydrogen) atoms. The van der Waals surface area contributed by atoms with E-state index in [4.69, 9.17) is 0 Å². The fourth-order valence-electron chi connectivity index (χ4n) is 2.19. The Hall–Kier alpha value is -1.95. The second-order valence-corrected chi connectivity index (χ2v) is 6.25. The number of fused-ring (bicyclic) bond motifs is 1. The van der Waals surface area contributed by atoms with Gasteiger partial charge in [0.15, 0.2) is 0 Å². The molecule has 0 amide bonds. The zero-order valence-corrected chi connectivity index (χ0v) is 12.7. The van der Waals surface area contributed by atoms with Crippen LogP contribution in [0, 0.1) is 20.8 Å². The molecule has 0 unspecified atom stereocenters. The average Bonchev–Trinajstić information content (AvgIpc) is 3.03. The van der Waals surface area contributed by atoms with Crippen molar-refractivity contribution in [3.05, 3.63) is 39.5 Å². The molecule has 0 atom stereocenters. The number of aromatic nitrogens is 4. The third-order valence-corrected chi connectivity index (χ3v) is 4.46. The lowest BCUT2D eigenvalue weighted by Gasteiger charge is -2.11. The van der Waals surface area contributed by atoms with Gasteiger partial charge in [0.2, 0.25) is 5.65 Å². The van der Waals surface area contributed by atoms with Gasteiger partial charge in [-0.25, -0.2) is 0 Å². The molecule has 0 aliphatic rings. The molecule has 0 aliphatic heterocycles. The molecule has 3 aromatic heterocycles. The van der Waals surface area contributed by atoms with Crippen LogP contribution in [0.15, 0.2) is 18.5 Å². The fourth-order valence-corrected chi connectivity index (χ4v) is 3.08. The molecule has 1 N–H and O–H groups in total. The number of hydrogen-bond donors (Lipinski definition) is 1. The number of hydrogen-bond acceptors (Lipinski definition) is 5. The van der Waals surface area contributed by atoms with Crippen molar-refractivity contribution in [2.24, 2.45) is 0 Å². The molecule has 5 nitrogen and oxygen atoms in total. The summed E-state index contributed by atoms with van der Waals surface area (Å²) >= 11 is 1.85. The Morgan fingerprint density at radius 2 is 2.10 bits per heavy atom. The zero-order valence-electron chi connectivity index (χ0n) is 11.8. The van der Waals surface area contributed by atoms with Crippen molar-refractivity contribution in [2.45, 2.75) is 27.2 Å². The monoisotopic (exact) mass is 287 g/mol. The summed E-state index contributed by atoms with van der Waals surface area (Å²) < 4.78 is 1.72. The Labute approximate surface area is 121 Å². The van der Waals surface area contributed by atoms with Crippen LogP contribution in [0.2, 0.25) is 0 Å². The third kappa shape index (κ3) is 2.38. The summed E-state index contributed by atoms with van der Waals surface area (Å²) in [6.07, 6.45) is 2.65. The molecule has 104 valence electrons. The van der Waals surface area contributed by atoms with Crippen molar-refractivity contribution in [1.82, 2.24) is 19.8 Å². The van der Waals surface area contributed by atoms with Crippen molar-refractivity contribution in [3.8, 4) is 0 Å². The minimum Gasteiger partial charge on any atom is -0.381 e. The standard InChI is InChI=1S/C14H17N5S/c1-9-4-5-12(20-9)6-7-15-13-10(2)11(3)18-19-8-16-17-14(13)19/h4-5,8,15H,6-7H2,1-3H3. The first-order valence-corrected chi connectivity index (χ1v) is 7.43. The maximum absolute atomic E-state index is 4.42. The quantitative estimate of drug-likeness (QED) is 0.801. The molecule has 0 fully saturated rings. The van der Waals surface area contributed by atoms with E-state index in [-0.39, 0.29) is 0 Å².